The third kappa shape index (κ3) is 3.29. The summed E-state index contributed by atoms with van der Waals surface area (Å²) in [6.45, 7) is 8.96. The van der Waals surface area contributed by atoms with E-state index in [9.17, 15) is 5.11 Å². The van der Waals surface area contributed by atoms with E-state index < -0.39 is 5.60 Å². The van der Waals surface area contributed by atoms with Crippen molar-refractivity contribution in [1.29, 1.82) is 0 Å². The SMILES string of the molecule is CC(C)n1ncnc1CN1CCCC(C)(O)CC1. The summed E-state index contributed by atoms with van der Waals surface area (Å²) in [5.41, 5.74) is -0.500. The molecular formula is C13H24N4O. The van der Waals surface area contributed by atoms with Gasteiger partial charge in [0.1, 0.15) is 12.2 Å². The van der Waals surface area contributed by atoms with E-state index in [1.807, 2.05) is 11.6 Å². The average molecular weight is 252 g/mol. The monoisotopic (exact) mass is 252 g/mol. The van der Waals surface area contributed by atoms with E-state index in [1.54, 1.807) is 6.33 Å². The van der Waals surface area contributed by atoms with Crippen molar-refractivity contribution in [2.24, 2.45) is 0 Å². The van der Waals surface area contributed by atoms with Crippen molar-refractivity contribution in [2.75, 3.05) is 13.1 Å². The van der Waals surface area contributed by atoms with Gasteiger partial charge in [-0.3, -0.25) is 4.90 Å². The van der Waals surface area contributed by atoms with Gasteiger partial charge >= 0.3 is 0 Å². The molecule has 1 N–H and O–H groups in total. The Hall–Kier alpha value is -0.940. The number of hydrogen-bond donors (Lipinski definition) is 1. The van der Waals surface area contributed by atoms with Crippen LogP contribution in [0.15, 0.2) is 6.33 Å². The van der Waals surface area contributed by atoms with Crippen LogP contribution in [0.25, 0.3) is 0 Å². The summed E-state index contributed by atoms with van der Waals surface area (Å²) in [5.74, 6) is 1.02. The predicted octanol–water partition coefficient (Wildman–Crippen LogP) is 1.60. The minimum absolute atomic E-state index is 0.345. The van der Waals surface area contributed by atoms with Crippen molar-refractivity contribution in [1.82, 2.24) is 19.7 Å². The zero-order chi connectivity index (χ0) is 13.2. The second kappa shape index (κ2) is 5.36. The molecule has 1 atom stereocenters. The summed E-state index contributed by atoms with van der Waals surface area (Å²) in [7, 11) is 0. The number of rotatable bonds is 3. The van der Waals surface area contributed by atoms with Gasteiger partial charge in [0.05, 0.1) is 12.1 Å². The fourth-order valence-corrected chi connectivity index (χ4v) is 2.50. The number of aromatic nitrogens is 3. The van der Waals surface area contributed by atoms with Crippen LogP contribution in [0.3, 0.4) is 0 Å². The number of hydrogen-bond acceptors (Lipinski definition) is 4. The first-order valence-corrected chi connectivity index (χ1v) is 6.81. The third-order valence-electron chi connectivity index (χ3n) is 3.66. The largest absolute Gasteiger partial charge is 0.390 e. The van der Waals surface area contributed by atoms with Gasteiger partial charge in [0.2, 0.25) is 0 Å². The summed E-state index contributed by atoms with van der Waals surface area (Å²) in [6.07, 6.45) is 4.40. The van der Waals surface area contributed by atoms with Gasteiger partial charge < -0.3 is 5.11 Å². The molecule has 5 heteroatoms. The van der Waals surface area contributed by atoms with Crippen LogP contribution in [-0.4, -0.2) is 43.5 Å². The molecule has 0 amide bonds. The minimum atomic E-state index is -0.500. The van der Waals surface area contributed by atoms with Crippen LogP contribution in [0.2, 0.25) is 0 Å². The zero-order valence-corrected chi connectivity index (χ0v) is 11.6. The highest BCUT2D eigenvalue weighted by Crippen LogP contribution is 2.22. The number of aliphatic hydroxyl groups is 1. The molecule has 1 unspecified atom stereocenters. The molecule has 1 aliphatic rings. The van der Waals surface area contributed by atoms with Crippen molar-refractivity contribution in [3.63, 3.8) is 0 Å². The highest BCUT2D eigenvalue weighted by Gasteiger charge is 2.25. The minimum Gasteiger partial charge on any atom is -0.390 e. The van der Waals surface area contributed by atoms with Gasteiger partial charge in [0, 0.05) is 12.6 Å². The van der Waals surface area contributed by atoms with E-state index in [4.69, 9.17) is 0 Å². The van der Waals surface area contributed by atoms with Gasteiger partial charge in [0.15, 0.2) is 0 Å². The molecule has 0 bridgehead atoms. The molecule has 102 valence electrons. The Bertz CT molecular complexity index is 386. The van der Waals surface area contributed by atoms with Crippen LogP contribution in [0, 0.1) is 0 Å². The van der Waals surface area contributed by atoms with Crippen molar-refractivity contribution < 1.29 is 5.11 Å². The second-order valence-electron chi connectivity index (χ2n) is 5.84. The standard InChI is InChI=1S/C13H24N4O/c1-11(2)17-12(14-10-15-17)9-16-7-4-5-13(3,18)6-8-16/h10-11,18H,4-9H2,1-3H3. The van der Waals surface area contributed by atoms with Crippen molar-refractivity contribution in [2.45, 2.75) is 58.2 Å². The molecule has 1 saturated heterocycles. The Morgan fingerprint density at radius 3 is 2.89 bits per heavy atom. The second-order valence-corrected chi connectivity index (χ2v) is 5.84. The first kappa shape index (κ1) is 13.5. The molecule has 0 spiro atoms. The first-order valence-electron chi connectivity index (χ1n) is 6.81. The lowest BCUT2D eigenvalue weighted by molar-refractivity contribution is 0.0443. The Morgan fingerprint density at radius 1 is 1.39 bits per heavy atom. The predicted molar refractivity (Wildman–Crippen MR) is 70.2 cm³/mol. The fourth-order valence-electron chi connectivity index (χ4n) is 2.50. The maximum atomic E-state index is 10.1. The molecule has 0 aromatic carbocycles. The zero-order valence-electron chi connectivity index (χ0n) is 11.6. The van der Waals surface area contributed by atoms with E-state index in [1.165, 1.54) is 0 Å². The summed E-state index contributed by atoms with van der Waals surface area (Å²) in [4.78, 5) is 6.71. The van der Waals surface area contributed by atoms with Crippen LogP contribution in [0.1, 0.15) is 51.9 Å². The van der Waals surface area contributed by atoms with Crippen molar-refractivity contribution >= 4 is 0 Å². The lowest BCUT2D eigenvalue weighted by atomic mass is 9.98. The van der Waals surface area contributed by atoms with Gasteiger partial charge in [-0.15, -0.1) is 0 Å². The highest BCUT2D eigenvalue weighted by atomic mass is 16.3. The maximum Gasteiger partial charge on any atom is 0.141 e. The van der Waals surface area contributed by atoms with E-state index in [2.05, 4.69) is 28.8 Å². The Labute approximate surface area is 109 Å². The molecule has 1 fully saturated rings. The summed E-state index contributed by atoms with van der Waals surface area (Å²) in [5, 5.41) is 14.3. The first-order chi connectivity index (χ1) is 8.48. The smallest absolute Gasteiger partial charge is 0.141 e. The van der Waals surface area contributed by atoms with E-state index >= 15 is 0 Å². The van der Waals surface area contributed by atoms with Crippen LogP contribution >= 0.6 is 0 Å². The molecule has 1 aromatic heterocycles. The molecule has 2 heterocycles. The van der Waals surface area contributed by atoms with E-state index in [0.717, 1.165) is 44.7 Å². The summed E-state index contributed by atoms with van der Waals surface area (Å²) < 4.78 is 1.98. The molecule has 1 aromatic rings. The average Bonchev–Trinajstić information content (AvgIpc) is 2.66. The Kier molecular flexibility index (Phi) is 4.02. The molecule has 5 nitrogen and oxygen atoms in total. The van der Waals surface area contributed by atoms with Gasteiger partial charge in [-0.25, -0.2) is 9.67 Å². The summed E-state index contributed by atoms with van der Waals surface area (Å²) >= 11 is 0. The van der Waals surface area contributed by atoms with Gasteiger partial charge in [-0.2, -0.15) is 5.10 Å². The summed E-state index contributed by atoms with van der Waals surface area (Å²) in [6, 6.07) is 0.345. The Balaban J connectivity index is 1.99. The highest BCUT2D eigenvalue weighted by molar-refractivity contribution is 4.88. The molecule has 18 heavy (non-hydrogen) atoms. The molecule has 0 aliphatic carbocycles. The van der Waals surface area contributed by atoms with Crippen LogP contribution < -0.4 is 0 Å². The molecule has 0 saturated carbocycles. The molecular weight excluding hydrogens is 228 g/mol. The lowest BCUT2D eigenvalue weighted by Gasteiger charge is -2.22. The number of likely N-dealkylation sites (tertiary alicyclic amines) is 1. The Morgan fingerprint density at radius 2 is 2.17 bits per heavy atom. The van der Waals surface area contributed by atoms with E-state index in [0.29, 0.717) is 6.04 Å². The quantitative estimate of drug-likeness (QED) is 0.887. The maximum absolute atomic E-state index is 10.1. The van der Waals surface area contributed by atoms with Gasteiger partial charge in [0.25, 0.3) is 0 Å². The number of nitrogens with zero attached hydrogens (tertiary/aromatic N) is 4. The van der Waals surface area contributed by atoms with Crippen molar-refractivity contribution in [3.05, 3.63) is 12.2 Å². The van der Waals surface area contributed by atoms with Gasteiger partial charge in [-0.1, -0.05) is 0 Å². The fraction of sp³-hybridized carbons (Fsp3) is 0.846. The molecule has 1 aliphatic heterocycles. The van der Waals surface area contributed by atoms with Crippen LogP contribution in [0.4, 0.5) is 0 Å². The molecule has 2 rings (SSSR count). The van der Waals surface area contributed by atoms with Gasteiger partial charge in [-0.05, 0) is 46.6 Å². The molecule has 0 radical (unpaired) electrons. The van der Waals surface area contributed by atoms with Crippen molar-refractivity contribution in [3.8, 4) is 0 Å². The third-order valence-corrected chi connectivity index (χ3v) is 3.66. The topological polar surface area (TPSA) is 54.2 Å². The lowest BCUT2D eigenvalue weighted by Crippen LogP contribution is -2.29. The normalized spacial score (nSPS) is 26.5. The van der Waals surface area contributed by atoms with E-state index in [-0.39, 0.29) is 0 Å². The van der Waals surface area contributed by atoms with Crippen LogP contribution in [-0.2, 0) is 6.54 Å². The van der Waals surface area contributed by atoms with Crippen LogP contribution in [0.5, 0.6) is 0 Å².